The molecule has 1 aromatic carbocycles. The highest BCUT2D eigenvalue weighted by Gasteiger charge is 2.02. The van der Waals surface area contributed by atoms with Crippen LogP contribution in [0.1, 0.15) is 12.0 Å². The summed E-state index contributed by atoms with van der Waals surface area (Å²) in [6.45, 7) is 1.02. The molecule has 0 aliphatic heterocycles. The molecule has 0 amide bonds. The highest BCUT2D eigenvalue weighted by molar-refractivity contribution is 9.10. The summed E-state index contributed by atoms with van der Waals surface area (Å²) in [5.74, 6) is -0.358. The van der Waals surface area contributed by atoms with Gasteiger partial charge in [0.05, 0.1) is 10.2 Å². The lowest BCUT2D eigenvalue weighted by molar-refractivity contribution is 0.589. The van der Waals surface area contributed by atoms with Crippen molar-refractivity contribution in [1.29, 1.82) is 0 Å². The van der Waals surface area contributed by atoms with E-state index in [1.54, 1.807) is 12.1 Å². The summed E-state index contributed by atoms with van der Waals surface area (Å²) < 4.78 is 34.9. The maximum Gasteiger partial charge on any atom is 0.209 e. The van der Waals surface area contributed by atoms with Crippen LogP contribution >= 0.6 is 15.9 Å². The van der Waals surface area contributed by atoms with Crippen LogP contribution in [0.5, 0.6) is 0 Å². The third kappa shape index (κ3) is 6.11. The number of sulfonamides is 1. The summed E-state index contributed by atoms with van der Waals surface area (Å²) in [7, 11) is -3.39. The van der Waals surface area contributed by atoms with Crippen LogP contribution in [0.3, 0.4) is 0 Å². The largest absolute Gasteiger partial charge is 0.313 e. The Morgan fingerprint density at radius 3 is 2.71 bits per heavy atom. The molecule has 0 fully saturated rings. The number of nitrogens with one attached hydrogen (secondary N) is 1. The lowest BCUT2D eigenvalue weighted by Crippen LogP contribution is -2.22. The molecule has 0 atom stereocenters. The summed E-state index contributed by atoms with van der Waals surface area (Å²) in [5, 5.41) is 7.87. The molecule has 4 nitrogen and oxygen atoms in total. The van der Waals surface area contributed by atoms with Gasteiger partial charge in [0, 0.05) is 6.54 Å². The molecule has 96 valence electrons. The molecule has 0 heterocycles. The van der Waals surface area contributed by atoms with E-state index in [-0.39, 0.29) is 11.6 Å². The van der Waals surface area contributed by atoms with Gasteiger partial charge < -0.3 is 5.32 Å². The molecule has 0 spiro atoms. The van der Waals surface area contributed by atoms with Crippen molar-refractivity contribution in [2.45, 2.75) is 13.0 Å². The lowest BCUT2D eigenvalue weighted by Gasteiger charge is -2.05. The zero-order valence-corrected chi connectivity index (χ0v) is 11.5. The predicted molar refractivity (Wildman–Crippen MR) is 68.4 cm³/mol. The first-order valence-corrected chi connectivity index (χ1v) is 7.54. The van der Waals surface area contributed by atoms with Gasteiger partial charge >= 0.3 is 0 Å². The Labute approximate surface area is 109 Å². The van der Waals surface area contributed by atoms with Gasteiger partial charge in [-0.3, -0.25) is 0 Å². The van der Waals surface area contributed by atoms with Crippen molar-refractivity contribution in [3.8, 4) is 0 Å². The second-order valence-corrected chi connectivity index (χ2v) is 6.23. The Morgan fingerprint density at radius 1 is 1.41 bits per heavy atom. The van der Waals surface area contributed by atoms with Gasteiger partial charge in [0.1, 0.15) is 5.82 Å². The molecule has 7 heteroatoms. The highest BCUT2D eigenvalue weighted by Crippen LogP contribution is 2.16. The third-order valence-corrected chi connectivity index (χ3v) is 3.60. The average Bonchev–Trinajstić information content (AvgIpc) is 2.21. The average molecular weight is 325 g/mol. The van der Waals surface area contributed by atoms with Gasteiger partial charge in [-0.1, -0.05) is 6.07 Å². The normalized spacial score (nSPS) is 11.7. The Morgan fingerprint density at radius 2 is 2.12 bits per heavy atom. The zero-order chi connectivity index (χ0) is 12.9. The molecular weight excluding hydrogens is 311 g/mol. The molecule has 1 rings (SSSR count). The van der Waals surface area contributed by atoms with Crippen LogP contribution in [0.15, 0.2) is 22.7 Å². The van der Waals surface area contributed by atoms with Crippen LogP contribution in [-0.2, 0) is 16.6 Å². The van der Waals surface area contributed by atoms with Crippen LogP contribution in [0.25, 0.3) is 0 Å². The first kappa shape index (κ1) is 14.6. The minimum atomic E-state index is -3.39. The molecule has 1 aromatic rings. The molecule has 0 aromatic heterocycles. The monoisotopic (exact) mass is 324 g/mol. The summed E-state index contributed by atoms with van der Waals surface area (Å²) in [5.41, 5.74) is 0.807. The van der Waals surface area contributed by atoms with Gasteiger partial charge in [0.2, 0.25) is 10.0 Å². The molecule has 0 aliphatic carbocycles. The summed E-state index contributed by atoms with van der Waals surface area (Å²) in [6.07, 6.45) is 0.442. The number of hydrogen-bond acceptors (Lipinski definition) is 3. The lowest BCUT2D eigenvalue weighted by atomic mass is 10.2. The molecule has 0 saturated heterocycles. The Hall–Kier alpha value is -0.500. The fourth-order valence-electron chi connectivity index (χ4n) is 1.28. The number of benzene rings is 1. The fourth-order valence-corrected chi connectivity index (χ4v) is 2.07. The third-order valence-electron chi connectivity index (χ3n) is 2.10. The van der Waals surface area contributed by atoms with Crippen LogP contribution in [-0.4, -0.2) is 20.7 Å². The molecule has 3 N–H and O–H groups in total. The quantitative estimate of drug-likeness (QED) is 0.776. The van der Waals surface area contributed by atoms with E-state index in [4.69, 9.17) is 5.14 Å². The Balaban J connectivity index is 2.29. The van der Waals surface area contributed by atoms with Gasteiger partial charge in [-0.25, -0.2) is 17.9 Å². The second kappa shape index (κ2) is 6.44. The topological polar surface area (TPSA) is 72.2 Å². The van der Waals surface area contributed by atoms with Crippen molar-refractivity contribution < 1.29 is 12.8 Å². The number of halogens is 2. The van der Waals surface area contributed by atoms with Crippen molar-refractivity contribution in [3.63, 3.8) is 0 Å². The first-order chi connectivity index (χ1) is 7.88. The summed E-state index contributed by atoms with van der Waals surface area (Å²) >= 11 is 3.07. The standard InChI is InChI=1S/C10H14BrFN2O2S/c11-9-3-2-8(6-10(9)12)7-14-4-1-5-17(13,15)16/h2-3,6,14H,1,4-5,7H2,(H2,13,15,16). The van der Waals surface area contributed by atoms with Crippen molar-refractivity contribution in [3.05, 3.63) is 34.1 Å². The van der Waals surface area contributed by atoms with Crippen molar-refractivity contribution >= 4 is 26.0 Å². The highest BCUT2D eigenvalue weighted by atomic mass is 79.9. The smallest absolute Gasteiger partial charge is 0.209 e. The van der Waals surface area contributed by atoms with Crippen molar-refractivity contribution in [2.24, 2.45) is 5.14 Å². The van der Waals surface area contributed by atoms with Gasteiger partial charge in [-0.2, -0.15) is 0 Å². The van der Waals surface area contributed by atoms with Gasteiger partial charge in [-0.15, -0.1) is 0 Å². The molecule has 0 unspecified atom stereocenters. The molecule has 0 radical (unpaired) electrons. The van der Waals surface area contributed by atoms with Crippen LogP contribution in [0.4, 0.5) is 4.39 Å². The van der Waals surface area contributed by atoms with E-state index in [1.165, 1.54) is 6.07 Å². The second-order valence-electron chi connectivity index (χ2n) is 3.65. The molecule has 0 bridgehead atoms. The van der Waals surface area contributed by atoms with Crippen molar-refractivity contribution in [2.75, 3.05) is 12.3 Å². The molecule has 17 heavy (non-hydrogen) atoms. The summed E-state index contributed by atoms with van der Waals surface area (Å²) in [4.78, 5) is 0. The molecule has 0 saturated carbocycles. The van der Waals surface area contributed by atoms with Crippen LogP contribution < -0.4 is 10.5 Å². The van der Waals surface area contributed by atoms with Gasteiger partial charge in [0.25, 0.3) is 0 Å². The van der Waals surface area contributed by atoms with E-state index >= 15 is 0 Å². The zero-order valence-electron chi connectivity index (χ0n) is 9.12. The van der Waals surface area contributed by atoms with Crippen molar-refractivity contribution in [1.82, 2.24) is 5.32 Å². The van der Waals surface area contributed by atoms with E-state index in [2.05, 4.69) is 21.2 Å². The Bertz CT molecular complexity index is 479. The number of hydrogen-bond donors (Lipinski definition) is 2. The van der Waals surface area contributed by atoms with Gasteiger partial charge in [0.15, 0.2) is 0 Å². The SMILES string of the molecule is NS(=O)(=O)CCCNCc1ccc(Br)c(F)c1. The summed E-state index contributed by atoms with van der Waals surface area (Å²) in [6, 6.07) is 4.85. The van der Waals surface area contributed by atoms with E-state index in [0.717, 1.165) is 5.56 Å². The van der Waals surface area contributed by atoms with E-state index < -0.39 is 10.0 Å². The minimum absolute atomic E-state index is 0.0469. The molecule has 0 aliphatic rings. The number of primary sulfonamides is 1. The maximum atomic E-state index is 13.1. The van der Waals surface area contributed by atoms with Crippen LogP contribution in [0, 0.1) is 5.82 Å². The van der Waals surface area contributed by atoms with E-state index in [1.807, 2.05) is 0 Å². The maximum absolute atomic E-state index is 13.1. The van der Waals surface area contributed by atoms with E-state index in [9.17, 15) is 12.8 Å². The number of nitrogens with two attached hydrogens (primary N) is 1. The minimum Gasteiger partial charge on any atom is -0.313 e. The van der Waals surface area contributed by atoms with Gasteiger partial charge in [-0.05, 0) is 46.6 Å². The predicted octanol–water partition coefficient (Wildman–Crippen LogP) is 1.36. The molecular formula is C10H14BrFN2O2S. The first-order valence-electron chi connectivity index (χ1n) is 5.03. The van der Waals surface area contributed by atoms with E-state index in [0.29, 0.717) is 24.0 Å². The Kier molecular flexibility index (Phi) is 5.51. The van der Waals surface area contributed by atoms with Crippen LogP contribution in [0.2, 0.25) is 0 Å². The fraction of sp³-hybridized carbons (Fsp3) is 0.400. The number of rotatable bonds is 6.